The van der Waals surface area contributed by atoms with Gasteiger partial charge in [-0.05, 0) is 23.8 Å². The number of thiophene rings is 1. The summed E-state index contributed by atoms with van der Waals surface area (Å²) in [5, 5.41) is 8.05. The van der Waals surface area contributed by atoms with Gasteiger partial charge in [0.15, 0.2) is 0 Å². The smallest absolute Gasteiger partial charge is 0.241 e. The second-order valence-electron chi connectivity index (χ2n) is 6.44. The lowest BCUT2D eigenvalue weighted by molar-refractivity contribution is -0.134. The van der Waals surface area contributed by atoms with Crippen molar-refractivity contribution >= 4 is 17.2 Å². The van der Waals surface area contributed by atoms with Gasteiger partial charge in [-0.25, -0.2) is 0 Å². The Morgan fingerprint density at radius 3 is 2.83 bits per heavy atom. The van der Waals surface area contributed by atoms with E-state index in [1.807, 2.05) is 21.7 Å². The van der Waals surface area contributed by atoms with Gasteiger partial charge in [0, 0.05) is 43.0 Å². The van der Waals surface area contributed by atoms with E-state index in [4.69, 9.17) is 4.52 Å². The maximum Gasteiger partial charge on any atom is 0.241 e. The first-order valence-corrected chi connectivity index (χ1v) is 9.01. The third kappa shape index (κ3) is 3.16. The van der Waals surface area contributed by atoms with E-state index in [2.05, 4.69) is 22.0 Å². The lowest BCUT2D eigenvalue weighted by atomic mass is 10.2. The second kappa shape index (κ2) is 6.05. The molecule has 0 aromatic carbocycles. The Labute approximate surface area is 139 Å². The Kier molecular flexibility index (Phi) is 3.90. The lowest BCUT2D eigenvalue weighted by Gasteiger charge is -2.34. The Bertz CT molecular complexity index is 676. The molecule has 1 aliphatic carbocycles. The van der Waals surface area contributed by atoms with Crippen molar-refractivity contribution in [2.45, 2.75) is 19.9 Å². The highest BCUT2D eigenvalue weighted by Gasteiger charge is 2.41. The molecule has 6 nitrogen and oxygen atoms in total. The van der Waals surface area contributed by atoms with Gasteiger partial charge in [-0.2, -0.15) is 16.3 Å². The molecule has 2 aliphatic rings. The Morgan fingerprint density at radius 2 is 2.17 bits per heavy atom. The zero-order valence-electron chi connectivity index (χ0n) is 13.1. The summed E-state index contributed by atoms with van der Waals surface area (Å²) in [6.07, 6.45) is 1.06. The van der Waals surface area contributed by atoms with Crippen LogP contribution in [0, 0.1) is 11.8 Å². The van der Waals surface area contributed by atoms with Crippen molar-refractivity contribution in [2.75, 3.05) is 26.2 Å². The average Bonchev–Trinajstić information content (AvgIpc) is 3.00. The molecular formula is C16H20N4O2S. The summed E-state index contributed by atoms with van der Waals surface area (Å²) in [6.45, 7) is 6.13. The summed E-state index contributed by atoms with van der Waals surface area (Å²) in [5.41, 5.74) is 0.999. The number of carbonyl (C=O) groups excluding carboxylic acids is 1. The van der Waals surface area contributed by atoms with Gasteiger partial charge in [0.05, 0.1) is 6.54 Å². The van der Waals surface area contributed by atoms with Gasteiger partial charge in [-0.15, -0.1) is 0 Å². The van der Waals surface area contributed by atoms with Crippen LogP contribution in [0.15, 0.2) is 21.3 Å². The zero-order chi connectivity index (χ0) is 15.8. The quantitative estimate of drug-likeness (QED) is 0.858. The molecule has 4 rings (SSSR count). The van der Waals surface area contributed by atoms with Crippen LogP contribution in [0.3, 0.4) is 0 Å². The number of piperazine rings is 1. The number of hydrogen-bond acceptors (Lipinski definition) is 6. The minimum atomic E-state index is 0.283. The Morgan fingerprint density at radius 1 is 1.39 bits per heavy atom. The van der Waals surface area contributed by atoms with Crippen molar-refractivity contribution in [1.29, 1.82) is 0 Å². The number of amides is 1. The zero-order valence-corrected chi connectivity index (χ0v) is 14.0. The van der Waals surface area contributed by atoms with Gasteiger partial charge in [0.2, 0.25) is 17.6 Å². The highest BCUT2D eigenvalue weighted by Crippen LogP contribution is 2.39. The molecule has 1 aliphatic heterocycles. The fourth-order valence-corrected chi connectivity index (χ4v) is 3.68. The highest BCUT2D eigenvalue weighted by atomic mass is 32.1. The fraction of sp³-hybridized carbons (Fsp3) is 0.562. The fourth-order valence-electron chi connectivity index (χ4n) is 3.05. The molecule has 2 aromatic heterocycles. The van der Waals surface area contributed by atoms with Crippen LogP contribution >= 0.6 is 11.3 Å². The monoisotopic (exact) mass is 332 g/mol. The molecular weight excluding hydrogens is 312 g/mol. The van der Waals surface area contributed by atoms with Crippen LogP contribution in [-0.2, 0) is 11.3 Å². The summed E-state index contributed by atoms with van der Waals surface area (Å²) >= 11 is 1.62. The Hall–Kier alpha value is -1.73. The van der Waals surface area contributed by atoms with Crippen molar-refractivity contribution < 1.29 is 9.32 Å². The number of nitrogens with zero attached hydrogens (tertiary/aromatic N) is 4. The van der Waals surface area contributed by atoms with E-state index in [-0.39, 0.29) is 5.92 Å². The third-order valence-electron chi connectivity index (χ3n) is 4.72. The van der Waals surface area contributed by atoms with Gasteiger partial charge in [-0.3, -0.25) is 9.69 Å². The summed E-state index contributed by atoms with van der Waals surface area (Å²) in [6, 6.07) is 1.99. The van der Waals surface area contributed by atoms with Crippen molar-refractivity contribution in [3.8, 4) is 11.4 Å². The predicted octanol–water partition coefficient (Wildman–Crippen LogP) is 2.10. The van der Waals surface area contributed by atoms with E-state index in [1.54, 1.807) is 11.3 Å². The summed E-state index contributed by atoms with van der Waals surface area (Å²) < 4.78 is 5.35. The molecule has 2 fully saturated rings. The van der Waals surface area contributed by atoms with Gasteiger partial charge in [0.1, 0.15) is 0 Å². The molecule has 2 aromatic rings. The van der Waals surface area contributed by atoms with Crippen molar-refractivity contribution in [2.24, 2.45) is 11.8 Å². The molecule has 23 heavy (non-hydrogen) atoms. The second-order valence-corrected chi connectivity index (χ2v) is 7.22. The third-order valence-corrected chi connectivity index (χ3v) is 5.40. The molecule has 122 valence electrons. The van der Waals surface area contributed by atoms with E-state index in [9.17, 15) is 4.79 Å². The molecule has 0 bridgehead atoms. The maximum absolute atomic E-state index is 12.2. The van der Waals surface area contributed by atoms with Gasteiger partial charge in [0.25, 0.3) is 0 Å². The summed E-state index contributed by atoms with van der Waals surface area (Å²) in [4.78, 5) is 21.0. The largest absolute Gasteiger partial charge is 0.340 e. The molecule has 7 heteroatoms. The number of carbonyl (C=O) groups is 1. The number of aromatic nitrogens is 2. The minimum Gasteiger partial charge on any atom is -0.340 e. The van der Waals surface area contributed by atoms with E-state index in [0.717, 1.165) is 38.2 Å². The number of rotatable bonds is 4. The van der Waals surface area contributed by atoms with Crippen molar-refractivity contribution in [1.82, 2.24) is 19.9 Å². The van der Waals surface area contributed by atoms with Crippen molar-refractivity contribution in [3.05, 3.63) is 22.7 Å². The molecule has 1 amide bonds. The number of hydrogen-bond donors (Lipinski definition) is 0. The van der Waals surface area contributed by atoms with E-state index < -0.39 is 0 Å². The van der Waals surface area contributed by atoms with Gasteiger partial charge >= 0.3 is 0 Å². The van der Waals surface area contributed by atoms with Crippen LogP contribution in [0.4, 0.5) is 0 Å². The molecule has 2 atom stereocenters. The summed E-state index contributed by atoms with van der Waals surface area (Å²) in [5.74, 6) is 2.49. The van der Waals surface area contributed by atoms with Crippen LogP contribution in [0.2, 0.25) is 0 Å². The average molecular weight is 332 g/mol. The first-order chi connectivity index (χ1) is 11.2. The molecule has 3 heterocycles. The lowest BCUT2D eigenvalue weighted by Crippen LogP contribution is -2.48. The molecule has 0 radical (unpaired) electrons. The molecule has 0 N–H and O–H groups in total. The van der Waals surface area contributed by atoms with Crippen LogP contribution in [-0.4, -0.2) is 52.0 Å². The maximum atomic E-state index is 12.2. The Balaban J connectivity index is 1.30. The SMILES string of the molecule is C[C@H]1C[C@H]1C(=O)N1CCN(Cc2nc(-c3ccsc3)no2)CC1. The topological polar surface area (TPSA) is 62.5 Å². The standard InChI is InChI=1S/C16H20N4O2S/c1-11-8-13(11)16(21)20-5-3-19(4-6-20)9-14-17-15(18-22-14)12-2-7-23-10-12/h2,7,10-11,13H,3-6,8-9H2,1H3/t11-,13+/m0/s1. The summed E-state index contributed by atoms with van der Waals surface area (Å²) in [7, 11) is 0. The molecule has 1 saturated heterocycles. The minimum absolute atomic E-state index is 0.283. The first kappa shape index (κ1) is 14.8. The first-order valence-electron chi connectivity index (χ1n) is 8.07. The molecule has 0 spiro atoms. The van der Waals surface area contributed by atoms with E-state index >= 15 is 0 Å². The predicted molar refractivity (Wildman–Crippen MR) is 86.7 cm³/mol. The normalized spacial score (nSPS) is 24.8. The van der Waals surface area contributed by atoms with E-state index in [1.165, 1.54) is 0 Å². The van der Waals surface area contributed by atoms with E-state index in [0.29, 0.717) is 30.1 Å². The van der Waals surface area contributed by atoms with Crippen LogP contribution in [0.5, 0.6) is 0 Å². The van der Waals surface area contributed by atoms with Gasteiger partial charge < -0.3 is 9.42 Å². The molecule has 1 saturated carbocycles. The van der Waals surface area contributed by atoms with Crippen LogP contribution in [0.25, 0.3) is 11.4 Å². The van der Waals surface area contributed by atoms with Crippen molar-refractivity contribution in [3.63, 3.8) is 0 Å². The highest BCUT2D eigenvalue weighted by molar-refractivity contribution is 7.08. The van der Waals surface area contributed by atoms with Crippen LogP contribution in [0.1, 0.15) is 19.2 Å². The van der Waals surface area contributed by atoms with Gasteiger partial charge in [-0.1, -0.05) is 12.1 Å². The van der Waals surface area contributed by atoms with Crippen LogP contribution < -0.4 is 0 Å². The molecule has 0 unspecified atom stereocenters.